The first-order valence-electron chi connectivity index (χ1n) is 6.15. The lowest BCUT2D eigenvalue weighted by Crippen LogP contribution is -2.54. The van der Waals surface area contributed by atoms with E-state index in [1.165, 1.54) is 4.31 Å². The van der Waals surface area contributed by atoms with E-state index >= 15 is 0 Å². The van der Waals surface area contributed by atoms with Crippen molar-refractivity contribution in [2.75, 3.05) is 39.4 Å². The molecule has 2 fully saturated rings. The molecule has 2 aliphatic heterocycles. The fourth-order valence-corrected chi connectivity index (χ4v) is 3.75. The Morgan fingerprint density at radius 1 is 1.35 bits per heavy atom. The molecule has 0 spiro atoms. The summed E-state index contributed by atoms with van der Waals surface area (Å²) in [5.74, 6) is 0.333. The first-order valence-corrected chi connectivity index (χ1v) is 7.59. The molecule has 0 aromatic carbocycles. The van der Waals surface area contributed by atoms with E-state index in [1.807, 2.05) is 0 Å². The summed E-state index contributed by atoms with van der Waals surface area (Å²) in [5.41, 5.74) is 0. The number of hydrogen-bond donors (Lipinski definition) is 2. The molecule has 2 heterocycles. The van der Waals surface area contributed by atoms with Crippen molar-refractivity contribution < 1.29 is 13.2 Å². The highest BCUT2D eigenvalue weighted by molar-refractivity contribution is 7.87. The van der Waals surface area contributed by atoms with Crippen LogP contribution in [0.25, 0.3) is 0 Å². The van der Waals surface area contributed by atoms with Crippen molar-refractivity contribution in [2.45, 2.75) is 19.4 Å². The van der Waals surface area contributed by atoms with Crippen molar-refractivity contribution in [1.29, 1.82) is 0 Å². The van der Waals surface area contributed by atoms with Gasteiger partial charge < -0.3 is 10.1 Å². The number of ether oxygens (including phenoxy) is 1. The third kappa shape index (κ3) is 3.38. The number of nitrogens with zero attached hydrogens (tertiary/aromatic N) is 1. The van der Waals surface area contributed by atoms with Crippen LogP contribution in [-0.4, -0.2) is 58.2 Å². The van der Waals surface area contributed by atoms with Crippen LogP contribution in [0.5, 0.6) is 0 Å². The zero-order valence-corrected chi connectivity index (χ0v) is 11.0. The van der Waals surface area contributed by atoms with Gasteiger partial charge in [0, 0.05) is 19.1 Å². The van der Waals surface area contributed by atoms with Gasteiger partial charge in [-0.15, -0.1) is 0 Å². The lowest BCUT2D eigenvalue weighted by Gasteiger charge is -2.33. The second kappa shape index (κ2) is 5.62. The minimum atomic E-state index is -3.34. The molecule has 7 heteroatoms. The summed E-state index contributed by atoms with van der Waals surface area (Å²) < 4.78 is 33.7. The summed E-state index contributed by atoms with van der Waals surface area (Å²) in [6, 6.07) is 0.0455. The SMILES string of the molecule is CC1CNCCC1NS(=O)(=O)N1CCOCC1. The first kappa shape index (κ1) is 13.2. The fraction of sp³-hybridized carbons (Fsp3) is 1.00. The van der Waals surface area contributed by atoms with Crippen LogP contribution in [0.1, 0.15) is 13.3 Å². The van der Waals surface area contributed by atoms with Crippen LogP contribution in [0.2, 0.25) is 0 Å². The van der Waals surface area contributed by atoms with E-state index in [2.05, 4.69) is 17.0 Å². The number of rotatable bonds is 3. The maximum absolute atomic E-state index is 12.1. The van der Waals surface area contributed by atoms with Gasteiger partial charge in [0.05, 0.1) is 13.2 Å². The maximum Gasteiger partial charge on any atom is 0.279 e. The summed E-state index contributed by atoms with van der Waals surface area (Å²) in [6.45, 7) is 5.70. The second-order valence-electron chi connectivity index (χ2n) is 4.71. The van der Waals surface area contributed by atoms with E-state index in [0.29, 0.717) is 32.2 Å². The van der Waals surface area contributed by atoms with Crippen LogP contribution in [0.4, 0.5) is 0 Å². The van der Waals surface area contributed by atoms with Crippen LogP contribution in [0, 0.1) is 5.92 Å². The monoisotopic (exact) mass is 263 g/mol. The van der Waals surface area contributed by atoms with Gasteiger partial charge in [-0.05, 0) is 25.4 Å². The predicted molar refractivity (Wildman–Crippen MR) is 64.9 cm³/mol. The van der Waals surface area contributed by atoms with Crippen molar-refractivity contribution in [3.63, 3.8) is 0 Å². The van der Waals surface area contributed by atoms with Crippen LogP contribution in [0.3, 0.4) is 0 Å². The van der Waals surface area contributed by atoms with Crippen LogP contribution < -0.4 is 10.0 Å². The van der Waals surface area contributed by atoms with E-state index in [1.54, 1.807) is 0 Å². The summed E-state index contributed by atoms with van der Waals surface area (Å²) >= 11 is 0. The standard InChI is InChI=1S/C10H21N3O3S/c1-9-8-11-3-2-10(9)12-17(14,15)13-4-6-16-7-5-13/h9-12H,2-8H2,1H3. The van der Waals surface area contributed by atoms with E-state index in [4.69, 9.17) is 4.74 Å². The Labute approximate surface area is 103 Å². The summed E-state index contributed by atoms with van der Waals surface area (Å²) in [7, 11) is -3.34. The summed E-state index contributed by atoms with van der Waals surface area (Å²) in [6.07, 6.45) is 0.852. The van der Waals surface area contributed by atoms with E-state index in [9.17, 15) is 8.42 Å². The lowest BCUT2D eigenvalue weighted by molar-refractivity contribution is 0.0721. The van der Waals surface area contributed by atoms with Crippen molar-refractivity contribution in [3.8, 4) is 0 Å². The molecule has 0 aromatic rings. The molecular weight excluding hydrogens is 242 g/mol. The lowest BCUT2D eigenvalue weighted by atomic mass is 9.97. The molecule has 0 aromatic heterocycles. The molecule has 0 radical (unpaired) electrons. The Balaban J connectivity index is 1.95. The normalized spacial score (nSPS) is 32.5. The van der Waals surface area contributed by atoms with Gasteiger partial charge in [-0.2, -0.15) is 17.4 Å². The molecule has 0 bridgehead atoms. The minimum Gasteiger partial charge on any atom is -0.379 e. The molecule has 6 nitrogen and oxygen atoms in total. The topological polar surface area (TPSA) is 70.7 Å². The Hall–Kier alpha value is -0.210. The molecule has 0 aliphatic carbocycles. The van der Waals surface area contributed by atoms with Crippen molar-refractivity contribution >= 4 is 10.2 Å². The minimum absolute atomic E-state index is 0.0455. The van der Waals surface area contributed by atoms with Gasteiger partial charge in [-0.3, -0.25) is 0 Å². The van der Waals surface area contributed by atoms with Gasteiger partial charge in [-0.25, -0.2) is 0 Å². The van der Waals surface area contributed by atoms with Gasteiger partial charge in [-0.1, -0.05) is 6.92 Å². The molecule has 100 valence electrons. The Bertz CT molecular complexity index is 341. The van der Waals surface area contributed by atoms with Crippen LogP contribution >= 0.6 is 0 Å². The van der Waals surface area contributed by atoms with Gasteiger partial charge in [0.15, 0.2) is 0 Å². The smallest absolute Gasteiger partial charge is 0.279 e. The van der Waals surface area contributed by atoms with Crippen molar-refractivity contribution in [1.82, 2.24) is 14.3 Å². The molecule has 2 aliphatic rings. The first-order chi connectivity index (χ1) is 8.09. The number of morpholine rings is 1. The van der Waals surface area contributed by atoms with E-state index in [0.717, 1.165) is 19.5 Å². The summed E-state index contributed by atoms with van der Waals surface area (Å²) in [5, 5.41) is 3.26. The third-order valence-electron chi connectivity index (χ3n) is 3.40. The van der Waals surface area contributed by atoms with Crippen molar-refractivity contribution in [2.24, 2.45) is 5.92 Å². The van der Waals surface area contributed by atoms with E-state index in [-0.39, 0.29) is 6.04 Å². The Morgan fingerprint density at radius 2 is 2.06 bits per heavy atom. The Kier molecular flexibility index (Phi) is 4.37. The Morgan fingerprint density at radius 3 is 2.71 bits per heavy atom. The van der Waals surface area contributed by atoms with E-state index < -0.39 is 10.2 Å². The highest BCUT2D eigenvalue weighted by atomic mass is 32.2. The molecule has 0 amide bonds. The molecule has 2 saturated heterocycles. The molecular formula is C10H21N3O3S. The maximum atomic E-state index is 12.1. The quantitative estimate of drug-likeness (QED) is 0.696. The van der Waals surface area contributed by atoms with Gasteiger partial charge in [0.25, 0.3) is 10.2 Å². The molecule has 0 saturated carbocycles. The highest BCUT2D eigenvalue weighted by Crippen LogP contribution is 2.13. The average Bonchev–Trinajstić information content (AvgIpc) is 2.33. The second-order valence-corrected chi connectivity index (χ2v) is 6.41. The third-order valence-corrected chi connectivity index (χ3v) is 5.04. The number of hydrogen-bond acceptors (Lipinski definition) is 4. The van der Waals surface area contributed by atoms with Crippen LogP contribution in [-0.2, 0) is 14.9 Å². The fourth-order valence-electron chi connectivity index (χ4n) is 2.24. The van der Waals surface area contributed by atoms with Gasteiger partial charge >= 0.3 is 0 Å². The average molecular weight is 263 g/mol. The number of nitrogens with one attached hydrogen (secondary N) is 2. The molecule has 17 heavy (non-hydrogen) atoms. The van der Waals surface area contributed by atoms with Crippen LogP contribution in [0.15, 0.2) is 0 Å². The van der Waals surface area contributed by atoms with Crippen molar-refractivity contribution in [3.05, 3.63) is 0 Å². The van der Waals surface area contributed by atoms with Gasteiger partial charge in [0.1, 0.15) is 0 Å². The number of piperidine rings is 1. The molecule has 2 N–H and O–H groups in total. The zero-order valence-electron chi connectivity index (χ0n) is 10.2. The molecule has 2 atom stereocenters. The highest BCUT2D eigenvalue weighted by Gasteiger charge is 2.30. The molecule has 2 rings (SSSR count). The predicted octanol–water partition coefficient (Wildman–Crippen LogP) is -0.849. The largest absolute Gasteiger partial charge is 0.379 e. The van der Waals surface area contributed by atoms with Gasteiger partial charge in [0.2, 0.25) is 0 Å². The summed E-state index contributed by atoms with van der Waals surface area (Å²) in [4.78, 5) is 0. The molecule has 2 unspecified atom stereocenters. The zero-order chi connectivity index (χ0) is 12.3.